The van der Waals surface area contributed by atoms with E-state index in [0.29, 0.717) is 35.9 Å². The van der Waals surface area contributed by atoms with Crippen molar-refractivity contribution in [1.29, 1.82) is 0 Å². The highest BCUT2D eigenvalue weighted by Crippen LogP contribution is 2.29. The largest absolute Gasteiger partial charge is 0.339 e. The maximum atomic E-state index is 12.7. The molecule has 1 saturated heterocycles. The number of anilines is 1. The number of carbonyl (C=O) groups excluding carboxylic acids is 2. The fourth-order valence-electron chi connectivity index (χ4n) is 3.36. The molecule has 1 fully saturated rings. The molecule has 0 saturated carbocycles. The number of nitrogens with one attached hydrogen (secondary N) is 3. The average molecular weight is 360 g/mol. The molecular formula is C17H18ClN5O2. The van der Waals surface area contributed by atoms with Crippen LogP contribution < -0.4 is 15.5 Å². The van der Waals surface area contributed by atoms with E-state index in [1.807, 2.05) is 12.1 Å². The van der Waals surface area contributed by atoms with E-state index in [2.05, 4.69) is 20.8 Å². The summed E-state index contributed by atoms with van der Waals surface area (Å²) < 4.78 is 0. The minimum Gasteiger partial charge on any atom is -0.339 e. The van der Waals surface area contributed by atoms with Crippen LogP contribution in [0.2, 0.25) is 5.02 Å². The maximum absolute atomic E-state index is 12.7. The summed E-state index contributed by atoms with van der Waals surface area (Å²) in [6, 6.07) is 6.65. The predicted octanol–water partition coefficient (Wildman–Crippen LogP) is 1.24. The second-order valence-corrected chi connectivity index (χ2v) is 6.62. The Balaban J connectivity index is 1.49. The molecule has 3 heterocycles. The number of benzene rings is 1. The van der Waals surface area contributed by atoms with E-state index in [9.17, 15) is 9.59 Å². The number of carbonyl (C=O) groups is 2. The molecule has 1 atom stereocenters. The van der Waals surface area contributed by atoms with Gasteiger partial charge < -0.3 is 15.5 Å². The third kappa shape index (κ3) is 2.89. The first-order chi connectivity index (χ1) is 12.1. The van der Waals surface area contributed by atoms with Gasteiger partial charge in [-0.15, -0.1) is 0 Å². The molecule has 130 valence electrons. The highest BCUT2D eigenvalue weighted by Gasteiger charge is 2.35. The Morgan fingerprint density at radius 2 is 2.20 bits per heavy atom. The standard InChI is InChI=1S/C17H18ClN5O2/c18-11-3-1-2-4-14(11)23-8-6-13(17(23)25)20-16(24)15-10-9-19-7-5-12(10)21-22-15/h1-4,13,19H,5-9H2,(H,20,24)(H,21,22). The van der Waals surface area contributed by atoms with Crippen molar-refractivity contribution in [2.24, 2.45) is 0 Å². The van der Waals surface area contributed by atoms with Crippen molar-refractivity contribution < 1.29 is 9.59 Å². The van der Waals surface area contributed by atoms with Crippen LogP contribution in [0.5, 0.6) is 0 Å². The highest BCUT2D eigenvalue weighted by atomic mass is 35.5. The van der Waals surface area contributed by atoms with Crippen molar-refractivity contribution in [2.45, 2.75) is 25.4 Å². The number of aromatic nitrogens is 2. The fourth-order valence-corrected chi connectivity index (χ4v) is 3.60. The lowest BCUT2D eigenvalue weighted by Crippen LogP contribution is -2.42. The van der Waals surface area contributed by atoms with Crippen LogP contribution in [0, 0.1) is 0 Å². The molecule has 4 rings (SSSR count). The molecular weight excluding hydrogens is 342 g/mol. The summed E-state index contributed by atoms with van der Waals surface area (Å²) in [7, 11) is 0. The SMILES string of the molecule is O=C(NC1CCN(c2ccccc2Cl)C1=O)c1n[nH]c2c1CNCC2. The Kier molecular flexibility index (Phi) is 4.19. The number of amides is 2. The van der Waals surface area contributed by atoms with Crippen LogP contribution in [0.15, 0.2) is 24.3 Å². The average Bonchev–Trinajstić information content (AvgIpc) is 3.20. The van der Waals surface area contributed by atoms with Crippen LogP contribution in [-0.2, 0) is 17.8 Å². The summed E-state index contributed by atoms with van der Waals surface area (Å²) in [5.74, 6) is -0.468. The van der Waals surface area contributed by atoms with E-state index >= 15 is 0 Å². The van der Waals surface area contributed by atoms with Crippen molar-refractivity contribution in [2.75, 3.05) is 18.0 Å². The Hall–Kier alpha value is -2.38. The number of halogens is 1. The van der Waals surface area contributed by atoms with E-state index in [4.69, 9.17) is 11.6 Å². The third-order valence-electron chi connectivity index (χ3n) is 4.68. The smallest absolute Gasteiger partial charge is 0.272 e. The first-order valence-electron chi connectivity index (χ1n) is 8.29. The normalized spacial score (nSPS) is 19.8. The molecule has 25 heavy (non-hydrogen) atoms. The number of nitrogens with zero attached hydrogens (tertiary/aromatic N) is 2. The lowest BCUT2D eigenvalue weighted by molar-refractivity contribution is -0.118. The molecule has 0 aliphatic carbocycles. The van der Waals surface area contributed by atoms with Crippen LogP contribution >= 0.6 is 11.6 Å². The lowest BCUT2D eigenvalue weighted by atomic mass is 10.1. The van der Waals surface area contributed by atoms with E-state index in [1.54, 1.807) is 17.0 Å². The zero-order chi connectivity index (χ0) is 17.4. The molecule has 1 aromatic carbocycles. The minimum atomic E-state index is -0.562. The Morgan fingerprint density at radius 1 is 1.36 bits per heavy atom. The van der Waals surface area contributed by atoms with Crippen LogP contribution in [0.1, 0.15) is 28.2 Å². The van der Waals surface area contributed by atoms with Gasteiger partial charge in [0.05, 0.1) is 10.7 Å². The number of hydrogen-bond acceptors (Lipinski definition) is 4. The number of hydrogen-bond donors (Lipinski definition) is 3. The third-order valence-corrected chi connectivity index (χ3v) is 5.00. The molecule has 0 radical (unpaired) electrons. The molecule has 1 aromatic heterocycles. The Morgan fingerprint density at radius 3 is 3.04 bits per heavy atom. The molecule has 1 unspecified atom stereocenters. The topological polar surface area (TPSA) is 90.1 Å². The van der Waals surface area contributed by atoms with Crippen LogP contribution in [0.3, 0.4) is 0 Å². The maximum Gasteiger partial charge on any atom is 0.272 e. The van der Waals surface area contributed by atoms with Gasteiger partial charge >= 0.3 is 0 Å². The quantitative estimate of drug-likeness (QED) is 0.769. The van der Waals surface area contributed by atoms with Crippen molar-refractivity contribution >= 4 is 29.1 Å². The summed E-state index contributed by atoms with van der Waals surface area (Å²) >= 11 is 6.18. The van der Waals surface area contributed by atoms with E-state index in [1.165, 1.54) is 0 Å². The number of fused-ring (bicyclic) bond motifs is 1. The molecule has 2 amide bonds. The summed E-state index contributed by atoms with van der Waals surface area (Å²) in [5.41, 5.74) is 2.91. The zero-order valence-corrected chi connectivity index (χ0v) is 14.3. The zero-order valence-electron chi connectivity index (χ0n) is 13.5. The molecule has 0 bridgehead atoms. The van der Waals surface area contributed by atoms with Crippen molar-refractivity contribution in [3.05, 3.63) is 46.2 Å². The van der Waals surface area contributed by atoms with Crippen molar-refractivity contribution in [1.82, 2.24) is 20.8 Å². The molecule has 8 heteroatoms. The number of aromatic amines is 1. The second-order valence-electron chi connectivity index (χ2n) is 6.21. The number of rotatable bonds is 3. The predicted molar refractivity (Wildman–Crippen MR) is 93.7 cm³/mol. The van der Waals surface area contributed by atoms with Crippen LogP contribution in [0.25, 0.3) is 0 Å². The van der Waals surface area contributed by atoms with E-state index in [-0.39, 0.29) is 11.8 Å². The molecule has 2 aliphatic rings. The van der Waals surface area contributed by atoms with Gasteiger partial charge in [-0.1, -0.05) is 23.7 Å². The van der Waals surface area contributed by atoms with Gasteiger partial charge in [0.15, 0.2) is 5.69 Å². The summed E-state index contributed by atoms with van der Waals surface area (Å²) in [4.78, 5) is 26.9. The Bertz CT molecular complexity index is 834. The number of H-pyrrole nitrogens is 1. The molecule has 0 spiro atoms. The first-order valence-corrected chi connectivity index (χ1v) is 8.66. The van der Waals surface area contributed by atoms with Gasteiger partial charge in [0, 0.05) is 37.3 Å². The number of para-hydroxylation sites is 1. The highest BCUT2D eigenvalue weighted by molar-refractivity contribution is 6.34. The van der Waals surface area contributed by atoms with Gasteiger partial charge in [-0.05, 0) is 18.6 Å². The van der Waals surface area contributed by atoms with Gasteiger partial charge in [-0.2, -0.15) is 5.10 Å². The first kappa shape index (κ1) is 16.1. The van der Waals surface area contributed by atoms with Crippen molar-refractivity contribution in [3.63, 3.8) is 0 Å². The van der Waals surface area contributed by atoms with Gasteiger partial charge in [0.25, 0.3) is 5.91 Å². The van der Waals surface area contributed by atoms with Gasteiger partial charge in [-0.25, -0.2) is 0 Å². The summed E-state index contributed by atoms with van der Waals surface area (Å²) in [6.07, 6.45) is 1.36. The second kappa shape index (κ2) is 6.50. The Labute approximate surface area is 149 Å². The molecule has 2 aromatic rings. The lowest BCUT2D eigenvalue weighted by Gasteiger charge is -2.18. The summed E-state index contributed by atoms with van der Waals surface area (Å²) in [5, 5.41) is 13.6. The van der Waals surface area contributed by atoms with Crippen LogP contribution in [-0.4, -0.2) is 41.1 Å². The monoisotopic (exact) mass is 359 g/mol. The molecule has 7 nitrogen and oxygen atoms in total. The van der Waals surface area contributed by atoms with Gasteiger partial charge in [0.1, 0.15) is 6.04 Å². The van der Waals surface area contributed by atoms with Crippen LogP contribution in [0.4, 0.5) is 5.69 Å². The van der Waals surface area contributed by atoms with E-state index < -0.39 is 6.04 Å². The fraction of sp³-hybridized carbons (Fsp3) is 0.353. The molecule has 3 N–H and O–H groups in total. The molecule has 2 aliphatic heterocycles. The van der Waals surface area contributed by atoms with Crippen molar-refractivity contribution in [3.8, 4) is 0 Å². The summed E-state index contributed by atoms with van der Waals surface area (Å²) in [6.45, 7) is 2.00. The van der Waals surface area contributed by atoms with Gasteiger partial charge in [0.2, 0.25) is 5.91 Å². The van der Waals surface area contributed by atoms with E-state index in [0.717, 1.165) is 24.2 Å². The van der Waals surface area contributed by atoms with Gasteiger partial charge in [-0.3, -0.25) is 14.7 Å². The minimum absolute atomic E-state index is 0.149.